The number of aromatic nitrogens is 1. The van der Waals surface area contributed by atoms with E-state index in [1.165, 1.54) is 12.1 Å². The van der Waals surface area contributed by atoms with Crippen molar-refractivity contribution in [3.8, 4) is 0 Å². The first-order valence-corrected chi connectivity index (χ1v) is 8.67. The van der Waals surface area contributed by atoms with E-state index >= 15 is 0 Å². The highest BCUT2D eigenvalue weighted by atomic mass is 32.2. The zero-order valence-electron chi connectivity index (χ0n) is 11.8. The van der Waals surface area contributed by atoms with E-state index < -0.39 is 0 Å². The molecule has 3 rings (SSSR count). The third kappa shape index (κ3) is 3.45. The van der Waals surface area contributed by atoms with Crippen molar-refractivity contribution in [2.75, 3.05) is 11.6 Å². The summed E-state index contributed by atoms with van der Waals surface area (Å²) in [6, 6.07) is 11.7. The van der Waals surface area contributed by atoms with Crippen LogP contribution in [-0.2, 0) is 11.2 Å². The van der Waals surface area contributed by atoms with Crippen LogP contribution in [0.5, 0.6) is 0 Å². The largest absolute Gasteiger partial charge is 0.326 e. The molecule has 0 aliphatic rings. The Kier molecular flexibility index (Phi) is 4.40. The number of hydrogen-bond donors (Lipinski definition) is 1. The van der Waals surface area contributed by atoms with Crippen LogP contribution < -0.4 is 5.32 Å². The van der Waals surface area contributed by atoms with Gasteiger partial charge in [0.15, 0.2) is 4.34 Å². The van der Waals surface area contributed by atoms with Crippen LogP contribution in [0.4, 0.5) is 10.1 Å². The predicted molar refractivity (Wildman–Crippen MR) is 90.1 cm³/mol. The molecule has 2 aromatic carbocycles. The van der Waals surface area contributed by atoms with Gasteiger partial charge in [-0.25, -0.2) is 9.37 Å². The minimum absolute atomic E-state index is 0.147. The number of amides is 1. The highest BCUT2D eigenvalue weighted by molar-refractivity contribution is 8.00. The van der Waals surface area contributed by atoms with E-state index in [4.69, 9.17) is 0 Å². The summed E-state index contributed by atoms with van der Waals surface area (Å²) in [6.07, 6.45) is 2.13. The molecule has 0 unspecified atom stereocenters. The molecule has 1 amide bonds. The van der Waals surface area contributed by atoms with E-state index in [9.17, 15) is 9.18 Å². The number of thioether (sulfide) groups is 1. The van der Waals surface area contributed by atoms with Crippen molar-refractivity contribution in [2.24, 2.45) is 0 Å². The normalized spacial score (nSPS) is 10.8. The number of fused-ring (bicyclic) bond motifs is 1. The van der Waals surface area contributed by atoms with Gasteiger partial charge < -0.3 is 5.32 Å². The second kappa shape index (κ2) is 6.46. The van der Waals surface area contributed by atoms with E-state index in [1.807, 2.05) is 24.5 Å². The van der Waals surface area contributed by atoms with Crippen LogP contribution in [0.3, 0.4) is 0 Å². The summed E-state index contributed by atoms with van der Waals surface area (Å²) < 4.78 is 15.1. The molecule has 1 N–H and O–H groups in total. The van der Waals surface area contributed by atoms with E-state index in [0.29, 0.717) is 5.56 Å². The molecule has 0 radical (unpaired) electrons. The zero-order valence-corrected chi connectivity index (χ0v) is 13.4. The monoisotopic (exact) mass is 332 g/mol. The molecule has 0 aliphatic heterocycles. The van der Waals surface area contributed by atoms with Gasteiger partial charge in [0.1, 0.15) is 5.82 Å². The van der Waals surface area contributed by atoms with E-state index in [2.05, 4.69) is 10.3 Å². The van der Waals surface area contributed by atoms with Gasteiger partial charge >= 0.3 is 0 Å². The van der Waals surface area contributed by atoms with Gasteiger partial charge in [0.25, 0.3) is 0 Å². The fourth-order valence-corrected chi connectivity index (χ4v) is 3.63. The minimum atomic E-state index is -0.332. The molecule has 0 aliphatic carbocycles. The molecule has 0 spiro atoms. The molecule has 0 saturated carbocycles. The summed E-state index contributed by atoms with van der Waals surface area (Å²) in [5.41, 5.74) is 2.31. The Morgan fingerprint density at radius 1 is 1.32 bits per heavy atom. The molecule has 0 fully saturated rings. The minimum Gasteiger partial charge on any atom is -0.326 e. The first kappa shape index (κ1) is 15.0. The topological polar surface area (TPSA) is 42.0 Å². The standard InChI is InChI=1S/C16H13FN2OS2/c1-21-16-19-13-6-5-12(9-14(13)22-16)18-15(20)8-10-3-2-4-11(17)7-10/h2-7,9H,8H2,1H3,(H,18,20). The average Bonchev–Trinajstić information content (AvgIpc) is 2.89. The Hall–Kier alpha value is -1.92. The lowest BCUT2D eigenvalue weighted by Crippen LogP contribution is -2.14. The Bertz CT molecular complexity index is 832. The predicted octanol–water partition coefficient (Wildman–Crippen LogP) is 4.34. The van der Waals surface area contributed by atoms with Crippen LogP contribution in [0.25, 0.3) is 10.2 Å². The summed E-state index contributed by atoms with van der Waals surface area (Å²) in [5.74, 6) is -0.500. The van der Waals surface area contributed by atoms with Crippen LogP contribution in [0.2, 0.25) is 0 Å². The second-order valence-electron chi connectivity index (χ2n) is 4.72. The number of carbonyl (C=O) groups excluding carboxylic acids is 1. The van der Waals surface area contributed by atoms with Crippen LogP contribution in [0, 0.1) is 5.82 Å². The lowest BCUT2D eigenvalue weighted by molar-refractivity contribution is -0.115. The molecule has 0 bridgehead atoms. The Morgan fingerprint density at radius 3 is 2.95 bits per heavy atom. The van der Waals surface area contributed by atoms with Crippen molar-refractivity contribution in [2.45, 2.75) is 10.8 Å². The number of benzene rings is 2. The summed E-state index contributed by atoms with van der Waals surface area (Å²) in [5, 5.41) is 2.84. The van der Waals surface area contributed by atoms with Crippen LogP contribution in [0.1, 0.15) is 5.56 Å². The van der Waals surface area contributed by atoms with Crippen molar-refractivity contribution in [1.82, 2.24) is 4.98 Å². The fraction of sp³-hybridized carbons (Fsp3) is 0.125. The van der Waals surface area contributed by atoms with Crippen LogP contribution in [-0.4, -0.2) is 17.1 Å². The molecular formula is C16H13FN2OS2. The average molecular weight is 332 g/mol. The van der Waals surface area contributed by atoms with E-state index in [-0.39, 0.29) is 18.1 Å². The summed E-state index contributed by atoms with van der Waals surface area (Å²) >= 11 is 3.20. The Balaban J connectivity index is 1.73. The van der Waals surface area contributed by atoms with Gasteiger partial charge in [-0.15, -0.1) is 11.3 Å². The molecule has 22 heavy (non-hydrogen) atoms. The maximum Gasteiger partial charge on any atom is 0.228 e. The van der Waals surface area contributed by atoms with Gasteiger partial charge in [-0.05, 0) is 42.2 Å². The highest BCUT2D eigenvalue weighted by Gasteiger charge is 2.08. The SMILES string of the molecule is CSc1nc2ccc(NC(=O)Cc3cccc(F)c3)cc2s1. The lowest BCUT2D eigenvalue weighted by Gasteiger charge is -2.05. The molecule has 1 heterocycles. The quantitative estimate of drug-likeness (QED) is 0.723. The first-order chi connectivity index (χ1) is 10.6. The molecular weight excluding hydrogens is 319 g/mol. The smallest absolute Gasteiger partial charge is 0.228 e. The van der Waals surface area contributed by atoms with Gasteiger partial charge in [-0.2, -0.15) is 0 Å². The maximum absolute atomic E-state index is 13.1. The number of rotatable bonds is 4. The van der Waals surface area contributed by atoms with Crippen molar-refractivity contribution in [3.63, 3.8) is 0 Å². The molecule has 0 saturated heterocycles. The number of hydrogen-bond acceptors (Lipinski definition) is 4. The molecule has 3 aromatic rings. The Labute approximate surface area is 135 Å². The van der Waals surface area contributed by atoms with Gasteiger partial charge in [-0.1, -0.05) is 23.9 Å². The van der Waals surface area contributed by atoms with Crippen LogP contribution in [0.15, 0.2) is 46.8 Å². The first-order valence-electron chi connectivity index (χ1n) is 6.63. The van der Waals surface area contributed by atoms with Gasteiger partial charge in [0.05, 0.1) is 16.6 Å². The summed E-state index contributed by atoms with van der Waals surface area (Å²) in [4.78, 5) is 16.5. The van der Waals surface area contributed by atoms with Gasteiger partial charge in [0, 0.05) is 5.69 Å². The third-order valence-electron chi connectivity index (χ3n) is 3.08. The highest BCUT2D eigenvalue weighted by Crippen LogP contribution is 2.29. The van der Waals surface area contributed by atoms with Crippen LogP contribution >= 0.6 is 23.1 Å². The number of nitrogens with zero attached hydrogens (tertiary/aromatic N) is 1. The van der Waals surface area contributed by atoms with Gasteiger partial charge in [-0.3, -0.25) is 4.79 Å². The zero-order chi connectivity index (χ0) is 15.5. The number of carbonyl (C=O) groups is 1. The lowest BCUT2D eigenvalue weighted by atomic mass is 10.1. The number of thiazole rings is 1. The van der Waals surface area contributed by atoms with Crippen molar-refractivity contribution >= 4 is 44.9 Å². The second-order valence-corrected chi connectivity index (χ2v) is 6.81. The number of halogens is 1. The molecule has 0 atom stereocenters. The van der Waals surface area contributed by atoms with E-state index in [0.717, 1.165) is 20.2 Å². The summed E-state index contributed by atoms with van der Waals surface area (Å²) in [7, 11) is 0. The fourth-order valence-electron chi connectivity index (χ4n) is 2.11. The van der Waals surface area contributed by atoms with E-state index in [1.54, 1.807) is 35.2 Å². The third-order valence-corrected chi connectivity index (χ3v) is 5.08. The van der Waals surface area contributed by atoms with Crippen molar-refractivity contribution in [1.29, 1.82) is 0 Å². The van der Waals surface area contributed by atoms with Crippen molar-refractivity contribution in [3.05, 3.63) is 53.8 Å². The number of anilines is 1. The molecule has 112 valence electrons. The molecule has 6 heteroatoms. The van der Waals surface area contributed by atoms with Gasteiger partial charge in [0.2, 0.25) is 5.91 Å². The molecule has 3 nitrogen and oxygen atoms in total. The maximum atomic E-state index is 13.1. The number of nitrogens with one attached hydrogen (secondary N) is 1. The van der Waals surface area contributed by atoms with Crippen molar-refractivity contribution < 1.29 is 9.18 Å². The summed E-state index contributed by atoms with van der Waals surface area (Å²) in [6.45, 7) is 0. The molecule has 1 aromatic heterocycles. The Morgan fingerprint density at radius 2 is 2.18 bits per heavy atom.